The van der Waals surface area contributed by atoms with Crippen LogP contribution in [0.15, 0.2) is 0 Å². The molecule has 4 nitrogen and oxygen atoms in total. The molecule has 2 rings (SSSR count). The van der Waals surface area contributed by atoms with Crippen molar-refractivity contribution in [2.75, 3.05) is 0 Å². The van der Waals surface area contributed by atoms with Gasteiger partial charge in [-0.05, 0) is 37.5 Å². The normalized spacial score (nSPS) is 29.9. The average Bonchev–Trinajstić information content (AvgIpc) is 3.04. The van der Waals surface area contributed by atoms with Gasteiger partial charge in [-0.15, -0.1) is 0 Å². The average molecular weight is 259 g/mol. The lowest BCUT2D eigenvalue weighted by Gasteiger charge is -2.25. The van der Waals surface area contributed by atoms with Crippen molar-refractivity contribution in [1.82, 2.24) is 4.72 Å². The summed E-state index contributed by atoms with van der Waals surface area (Å²) in [6, 6.07) is 0. The van der Waals surface area contributed by atoms with Crippen LogP contribution in [-0.2, 0) is 14.8 Å². The van der Waals surface area contributed by atoms with E-state index in [0.29, 0.717) is 25.2 Å². The van der Waals surface area contributed by atoms with Gasteiger partial charge in [0.1, 0.15) is 0 Å². The van der Waals surface area contributed by atoms with Crippen molar-refractivity contribution in [2.24, 2.45) is 11.8 Å². The minimum Gasteiger partial charge on any atom is -0.274 e. The number of hydrogen-bond acceptors (Lipinski definition) is 3. The lowest BCUT2D eigenvalue weighted by Crippen LogP contribution is -2.34. The van der Waals surface area contributed by atoms with E-state index in [9.17, 15) is 13.2 Å². The molecular formula is C12H21NO3S. The van der Waals surface area contributed by atoms with E-state index in [1.54, 1.807) is 0 Å². The summed E-state index contributed by atoms with van der Waals surface area (Å²) in [5, 5.41) is -0.308. The van der Waals surface area contributed by atoms with Crippen LogP contribution < -0.4 is 4.72 Å². The van der Waals surface area contributed by atoms with E-state index < -0.39 is 10.0 Å². The fraction of sp³-hybridized carbons (Fsp3) is 0.917. The number of sulfonamides is 1. The van der Waals surface area contributed by atoms with E-state index in [1.807, 2.05) is 0 Å². The fourth-order valence-electron chi connectivity index (χ4n) is 2.46. The van der Waals surface area contributed by atoms with Gasteiger partial charge in [0.05, 0.1) is 5.25 Å². The number of nitrogens with one attached hydrogen (secondary N) is 1. The smallest absolute Gasteiger partial charge is 0.237 e. The Balaban J connectivity index is 1.77. The second-order valence-electron chi connectivity index (χ2n) is 5.60. The van der Waals surface area contributed by atoms with Gasteiger partial charge in [-0.3, -0.25) is 9.52 Å². The molecule has 1 N–H and O–H groups in total. The second kappa shape index (κ2) is 4.96. The zero-order valence-corrected chi connectivity index (χ0v) is 11.1. The third kappa shape index (κ3) is 3.69. The molecule has 0 heterocycles. The van der Waals surface area contributed by atoms with Crippen molar-refractivity contribution in [3.05, 3.63) is 0 Å². The van der Waals surface area contributed by atoms with Gasteiger partial charge in [-0.1, -0.05) is 19.8 Å². The third-order valence-corrected chi connectivity index (χ3v) is 5.69. The van der Waals surface area contributed by atoms with Crippen molar-refractivity contribution in [1.29, 1.82) is 0 Å². The van der Waals surface area contributed by atoms with Crippen LogP contribution in [0.25, 0.3) is 0 Å². The number of carbonyl (C=O) groups is 1. The molecule has 0 aromatic carbocycles. The zero-order chi connectivity index (χ0) is 12.5. The summed E-state index contributed by atoms with van der Waals surface area (Å²) >= 11 is 0. The SMILES string of the molecule is CC1CCC(CC(=O)NS(=O)(=O)C2CC2)CC1. The van der Waals surface area contributed by atoms with Crippen molar-refractivity contribution in [3.8, 4) is 0 Å². The Kier molecular flexibility index (Phi) is 3.76. The molecule has 98 valence electrons. The highest BCUT2D eigenvalue weighted by Crippen LogP contribution is 2.31. The molecule has 0 aromatic heterocycles. The van der Waals surface area contributed by atoms with Crippen LogP contribution in [0.5, 0.6) is 0 Å². The molecule has 1 amide bonds. The van der Waals surface area contributed by atoms with Gasteiger partial charge in [0.25, 0.3) is 0 Å². The van der Waals surface area contributed by atoms with Crippen molar-refractivity contribution in [3.63, 3.8) is 0 Å². The van der Waals surface area contributed by atoms with Crippen LogP contribution in [0, 0.1) is 11.8 Å². The van der Waals surface area contributed by atoms with Crippen LogP contribution in [0.1, 0.15) is 51.9 Å². The number of rotatable bonds is 4. The molecule has 2 aliphatic carbocycles. The maximum atomic E-state index is 11.7. The molecule has 0 saturated heterocycles. The minimum absolute atomic E-state index is 0.308. The van der Waals surface area contributed by atoms with Gasteiger partial charge in [0, 0.05) is 6.42 Å². The lowest BCUT2D eigenvalue weighted by molar-refractivity contribution is -0.120. The molecule has 0 unspecified atom stereocenters. The molecule has 0 radical (unpaired) electrons. The largest absolute Gasteiger partial charge is 0.274 e. The summed E-state index contributed by atoms with van der Waals surface area (Å²) in [7, 11) is -3.35. The Morgan fingerprint density at radius 2 is 1.71 bits per heavy atom. The highest BCUT2D eigenvalue weighted by Gasteiger charge is 2.37. The first kappa shape index (κ1) is 12.9. The van der Waals surface area contributed by atoms with Crippen LogP contribution in [0.2, 0.25) is 0 Å². The van der Waals surface area contributed by atoms with E-state index in [0.717, 1.165) is 31.6 Å². The predicted molar refractivity (Wildman–Crippen MR) is 65.8 cm³/mol. The molecule has 2 saturated carbocycles. The molecule has 0 atom stereocenters. The van der Waals surface area contributed by atoms with E-state index in [1.165, 1.54) is 0 Å². The van der Waals surface area contributed by atoms with Crippen LogP contribution in [-0.4, -0.2) is 19.6 Å². The lowest BCUT2D eigenvalue weighted by atomic mass is 9.81. The first-order chi connectivity index (χ1) is 7.97. The van der Waals surface area contributed by atoms with Crippen LogP contribution >= 0.6 is 0 Å². The summed E-state index contributed by atoms with van der Waals surface area (Å²) in [6.07, 6.45) is 6.20. The van der Waals surface area contributed by atoms with E-state index in [4.69, 9.17) is 0 Å². The summed E-state index contributed by atoms with van der Waals surface area (Å²) in [5.41, 5.74) is 0. The molecule has 2 fully saturated rings. The van der Waals surface area contributed by atoms with Gasteiger partial charge < -0.3 is 0 Å². The molecule has 0 spiro atoms. The topological polar surface area (TPSA) is 63.2 Å². The highest BCUT2D eigenvalue weighted by molar-refractivity contribution is 7.90. The van der Waals surface area contributed by atoms with Crippen molar-refractivity contribution in [2.45, 2.75) is 57.1 Å². The minimum atomic E-state index is -3.35. The maximum Gasteiger partial charge on any atom is 0.237 e. The first-order valence-corrected chi connectivity index (χ1v) is 8.06. The fourth-order valence-corrected chi connectivity index (χ4v) is 3.78. The van der Waals surface area contributed by atoms with E-state index in [2.05, 4.69) is 11.6 Å². The Morgan fingerprint density at radius 3 is 2.24 bits per heavy atom. The van der Waals surface area contributed by atoms with Crippen LogP contribution in [0.3, 0.4) is 0 Å². The quantitative estimate of drug-likeness (QED) is 0.837. The summed E-state index contributed by atoms with van der Waals surface area (Å²) < 4.78 is 25.3. The Bertz CT molecular complexity index is 379. The van der Waals surface area contributed by atoms with Crippen LogP contribution in [0.4, 0.5) is 0 Å². The Morgan fingerprint density at radius 1 is 1.12 bits per heavy atom. The summed E-state index contributed by atoms with van der Waals surface area (Å²) in [5.74, 6) is 0.821. The Labute approximate surface area is 103 Å². The monoisotopic (exact) mass is 259 g/mol. The van der Waals surface area contributed by atoms with Crippen molar-refractivity contribution < 1.29 is 13.2 Å². The maximum absolute atomic E-state index is 11.7. The van der Waals surface area contributed by atoms with Gasteiger partial charge in [0.15, 0.2) is 0 Å². The van der Waals surface area contributed by atoms with Gasteiger partial charge in [-0.25, -0.2) is 8.42 Å². The van der Waals surface area contributed by atoms with Gasteiger partial charge in [0.2, 0.25) is 15.9 Å². The van der Waals surface area contributed by atoms with Crippen molar-refractivity contribution >= 4 is 15.9 Å². The second-order valence-corrected chi connectivity index (χ2v) is 7.56. The van der Waals surface area contributed by atoms with Gasteiger partial charge in [-0.2, -0.15) is 0 Å². The molecule has 0 aliphatic heterocycles. The first-order valence-electron chi connectivity index (χ1n) is 6.52. The molecular weight excluding hydrogens is 238 g/mol. The Hall–Kier alpha value is -0.580. The zero-order valence-electron chi connectivity index (χ0n) is 10.3. The standard InChI is InChI=1S/C12H21NO3S/c1-9-2-4-10(5-3-9)8-12(14)13-17(15,16)11-6-7-11/h9-11H,2-8H2,1H3,(H,13,14). The van der Waals surface area contributed by atoms with E-state index in [-0.39, 0.29) is 11.2 Å². The highest BCUT2D eigenvalue weighted by atomic mass is 32.2. The molecule has 17 heavy (non-hydrogen) atoms. The van der Waals surface area contributed by atoms with Gasteiger partial charge >= 0.3 is 0 Å². The summed E-state index contributed by atoms with van der Waals surface area (Å²) in [4.78, 5) is 11.7. The molecule has 0 bridgehead atoms. The molecule has 5 heteroatoms. The number of carbonyl (C=O) groups excluding carboxylic acids is 1. The molecule has 0 aromatic rings. The number of amides is 1. The predicted octanol–water partition coefficient (Wildman–Crippen LogP) is 1.81. The molecule has 2 aliphatic rings. The van der Waals surface area contributed by atoms with E-state index >= 15 is 0 Å². The number of hydrogen-bond donors (Lipinski definition) is 1. The summed E-state index contributed by atoms with van der Waals surface area (Å²) in [6.45, 7) is 2.23. The third-order valence-electron chi connectivity index (χ3n) is 3.83.